The molecular weight excluding hydrogens is 282 g/mol. The minimum atomic E-state index is -0.0740. The number of hydrogen-bond donors (Lipinski definition) is 0. The highest BCUT2D eigenvalue weighted by molar-refractivity contribution is 6.00. The lowest BCUT2D eigenvalue weighted by Crippen LogP contribution is -2.39. The largest absolute Gasteiger partial charge is 0.472 e. The van der Waals surface area contributed by atoms with Crippen LogP contribution in [0.2, 0.25) is 0 Å². The van der Waals surface area contributed by atoms with Gasteiger partial charge in [-0.05, 0) is 24.6 Å². The molecule has 2 aliphatic rings. The Morgan fingerprint density at radius 2 is 2.23 bits per heavy atom. The van der Waals surface area contributed by atoms with E-state index in [9.17, 15) is 9.59 Å². The molecule has 112 valence electrons. The summed E-state index contributed by atoms with van der Waals surface area (Å²) in [5, 5.41) is 0. The summed E-state index contributed by atoms with van der Waals surface area (Å²) in [5.41, 5.74) is 1.34. The predicted octanol–water partition coefficient (Wildman–Crippen LogP) is 1.69. The van der Waals surface area contributed by atoms with Crippen molar-refractivity contribution in [1.82, 2.24) is 9.88 Å². The van der Waals surface area contributed by atoms with Crippen molar-refractivity contribution in [1.29, 1.82) is 0 Å². The van der Waals surface area contributed by atoms with E-state index in [0.717, 1.165) is 12.1 Å². The molecule has 2 fully saturated rings. The third-order valence-corrected chi connectivity index (χ3v) is 4.45. The normalized spacial score (nSPS) is 23.9. The van der Waals surface area contributed by atoms with Gasteiger partial charge in [0.2, 0.25) is 5.91 Å². The number of hydrogen-bond acceptors (Lipinski definition) is 4. The molecule has 2 amide bonds. The molecule has 4 rings (SSSR count). The van der Waals surface area contributed by atoms with E-state index >= 15 is 0 Å². The van der Waals surface area contributed by atoms with Crippen molar-refractivity contribution in [2.45, 2.75) is 24.9 Å². The summed E-state index contributed by atoms with van der Waals surface area (Å²) < 4.78 is 4.98. The fourth-order valence-corrected chi connectivity index (χ4v) is 3.48. The molecule has 2 saturated heterocycles. The van der Waals surface area contributed by atoms with Gasteiger partial charge in [0.05, 0.1) is 35.8 Å². The van der Waals surface area contributed by atoms with Crippen LogP contribution in [-0.2, 0) is 4.79 Å². The van der Waals surface area contributed by atoms with Crippen LogP contribution in [-0.4, -0.2) is 40.3 Å². The molecule has 4 heterocycles. The average Bonchev–Trinajstić information content (AvgIpc) is 3.23. The summed E-state index contributed by atoms with van der Waals surface area (Å²) in [7, 11) is 0. The maximum atomic E-state index is 12.5. The Hall–Kier alpha value is -2.63. The summed E-state index contributed by atoms with van der Waals surface area (Å²) in [6.45, 7) is 0.656. The molecule has 0 N–H and O–H groups in total. The Bertz CT molecular complexity index is 699. The van der Waals surface area contributed by atoms with E-state index in [-0.39, 0.29) is 23.9 Å². The molecular formula is C16H15N3O3. The van der Waals surface area contributed by atoms with Crippen LogP contribution in [0.3, 0.4) is 0 Å². The van der Waals surface area contributed by atoms with Gasteiger partial charge in [-0.1, -0.05) is 0 Å². The van der Waals surface area contributed by atoms with Gasteiger partial charge in [0.1, 0.15) is 6.26 Å². The lowest BCUT2D eigenvalue weighted by molar-refractivity contribution is -0.117. The molecule has 6 nitrogen and oxygen atoms in total. The number of pyridine rings is 1. The first-order valence-electron chi connectivity index (χ1n) is 7.31. The predicted molar refractivity (Wildman–Crippen MR) is 78.3 cm³/mol. The molecule has 6 heteroatoms. The Labute approximate surface area is 127 Å². The van der Waals surface area contributed by atoms with Gasteiger partial charge in [0, 0.05) is 19.2 Å². The molecule has 0 bridgehead atoms. The van der Waals surface area contributed by atoms with Crippen LogP contribution in [0.1, 0.15) is 23.2 Å². The van der Waals surface area contributed by atoms with Crippen LogP contribution in [0.5, 0.6) is 0 Å². The van der Waals surface area contributed by atoms with Crippen LogP contribution in [0.25, 0.3) is 0 Å². The number of carbonyl (C=O) groups excluding carboxylic acids is 2. The molecule has 22 heavy (non-hydrogen) atoms. The van der Waals surface area contributed by atoms with Crippen molar-refractivity contribution in [3.8, 4) is 0 Å². The highest BCUT2D eigenvalue weighted by Gasteiger charge is 2.49. The van der Waals surface area contributed by atoms with Gasteiger partial charge in [0.15, 0.2) is 0 Å². The van der Waals surface area contributed by atoms with Gasteiger partial charge in [-0.25, -0.2) is 0 Å². The number of aromatic nitrogens is 1. The van der Waals surface area contributed by atoms with E-state index in [1.807, 2.05) is 12.1 Å². The quantitative estimate of drug-likeness (QED) is 0.846. The number of nitrogens with zero attached hydrogens (tertiary/aromatic N) is 3. The van der Waals surface area contributed by atoms with Gasteiger partial charge in [-0.15, -0.1) is 0 Å². The zero-order valence-corrected chi connectivity index (χ0v) is 11.9. The van der Waals surface area contributed by atoms with Crippen molar-refractivity contribution in [3.63, 3.8) is 0 Å². The van der Waals surface area contributed by atoms with E-state index in [2.05, 4.69) is 4.98 Å². The van der Waals surface area contributed by atoms with Crippen LogP contribution in [0.4, 0.5) is 5.69 Å². The zero-order chi connectivity index (χ0) is 15.1. The van der Waals surface area contributed by atoms with E-state index in [1.54, 1.807) is 28.3 Å². The smallest absolute Gasteiger partial charge is 0.257 e. The Kier molecular flexibility index (Phi) is 2.96. The molecule has 0 radical (unpaired) electrons. The van der Waals surface area contributed by atoms with Crippen molar-refractivity contribution in [2.75, 3.05) is 11.4 Å². The zero-order valence-electron chi connectivity index (χ0n) is 11.9. The molecule has 2 aliphatic heterocycles. The van der Waals surface area contributed by atoms with Gasteiger partial charge < -0.3 is 14.2 Å². The first-order valence-corrected chi connectivity index (χ1v) is 7.31. The van der Waals surface area contributed by atoms with E-state index in [4.69, 9.17) is 4.42 Å². The van der Waals surface area contributed by atoms with E-state index in [1.165, 1.54) is 12.5 Å². The third kappa shape index (κ3) is 1.91. The third-order valence-electron chi connectivity index (χ3n) is 4.45. The number of likely N-dealkylation sites (tertiary alicyclic amines) is 1. The van der Waals surface area contributed by atoms with Crippen molar-refractivity contribution in [3.05, 3.63) is 48.7 Å². The van der Waals surface area contributed by atoms with E-state index in [0.29, 0.717) is 18.5 Å². The summed E-state index contributed by atoms with van der Waals surface area (Å²) in [6, 6.07) is 5.32. The Morgan fingerprint density at radius 1 is 1.32 bits per heavy atom. The SMILES string of the molecule is O=C(c1ccoc1)N1CC[C@H]2[C@H]1CC(=O)N2c1cccnc1. The van der Waals surface area contributed by atoms with Gasteiger partial charge >= 0.3 is 0 Å². The Morgan fingerprint density at radius 3 is 2.95 bits per heavy atom. The topological polar surface area (TPSA) is 66.7 Å². The highest BCUT2D eigenvalue weighted by Crippen LogP contribution is 2.36. The van der Waals surface area contributed by atoms with Gasteiger partial charge in [-0.2, -0.15) is 0 Å². The number of carbonyl (C=O) groups is 2. The molecule has 0 aromatic carbocycles. The van der Waals surface area contributed by atoms with Crippen LogP contribution in [0.15, 0.2) is 47.5 Å². The molecule has 2 atom stereocenters. The standard InChI is InChI=1S/C16H15N3O3/c20-15-8-14-13(19(15)12-2-1-5-17-9-12)3-6-18(14)16(21)11-4-7-22-10-11/h1-2,4-5,7,9-10,13-14H,3,6,8H2/t13-,14+/m0/s1. The molecule has 2 aromatic rings. The number of furan rings is 1. The number of rotatable bonds is 2. The van der Waals surface area contributed by atoms with E-state index < -0.39 is 0 Å². The van der Waals surface area contributed by atoms with Crippen molar-refractivity contribution in [2.24, 2.45) is 0 Å². The number of fused-ring (bicyclic) bond motifs is 1. The minimum absolute atomic E-state index is 0.0348. The fourth-order valence-electron chi connectivity index (χ4n) is 3.48. The summed E-state index contributed by atoms with van der Waals surface area (Å²) in [4.78, 5) is 32.6. The molecule has 0 aliphatic carbocycles. The van der Waals surface area contributed by atoms with Crippen LogP contribution in [0, 0.1) is 0 Å². The molecule has 0 unspecified atom stereocenters. The minimum Gasteiger partial charge on any atom is -0.472 e. The second-order valence-corrected chi connectivity index (χ2v) is 5.61. The van der Waals surface area contributed by atoms with Gasteiger partial charge in [0.25, 0.3) is 5.91 Å². The highest BCUT2D eigenvalue weighted by atomic mass is 16.3. The first kappa shape index (κ1) is 13.1. The number of amides is 2. The summed E-state index contributed by atoms with van der Waals surface area (Å²) in [6.07, 6.45) is 7.47. The molecule has 2 aromatic heterocycles. The summed E-state index contributed by atoms with van der Waals surface area (Å²) >= 11 is 0. The monoisotopic (exact) mass is 297 g/mol. The average molecular weight is 297 g/mol. The second kappa shape index (κ2) is 4.98. The molecule has 0 spiro atoms. The Balaban J connectivity index is 1.61. The first-order chi connectivity index (χ1) is 10.8. The van der Waals surface area contributed by atoms with Crippen LogP contribution >= 0.6 is 0 Å². The molecule has 0 saturated carbocycles. The maximum Gasteiger partial charge on any atom is 0.257 e. The fraction of sp³-hybridized carbons (Fsp3) is 0.312. The summed E-state index contributed by atoms with van der Waals surface area (Å²) in [5.74, 6) is -0.0187. The van der Waals surface area contributed by atoms with Crippen molar-refractivity contribution >= 4 is 17.5 Å². The van der Waals surface area contributed by atoms with Gasteiger partial charge in [-0.3, -0.25) is 14.6 Å². The second-order valence-electron chi connectivity index (χ2n) is 5.61. The lowest BCUT2D eigenvalue weighted by atomic mass is 10.1. The lowest BCUT2D eigenvalue weighted by Gasteiger charge is -2.25. The number of anilines is 1. The maximum absolute atomic E-state index is 12.5. The van der Waals surface area contributed by atoms with Crippen LogP contribution < -0.4 is 4.90 Å². The van der Waals surface area contributed by atoms with Crippen molar-refractivity contribution < 1.29 is 14.0 Å².